The molecule has 2 atom stereocenters. The largest absolute Gasteiger partial charge is 0.481 e. The molecule has 1 aliphatic heterocycles. The highest BCUT2D eigenvalue weighted by atomic mass is 16.4. The Kier molecular flexibility index (Phi) is 2.93. The van der Waals surface area contributed by atoms with Gasteiger partial charge in [0.2, 0.25) is 0 Å². The first-order valence-corrected chi connectivity index (χ1v) is 4.07. The minimum atomic E-state index is -1.51. The molecule has 15 heavy (non-hydrogen) atoms. The minimum absolute atomic E-state index is 0.0942. The van der Waals surface area contributed by atoms with Gasteiger partial charge >= 0.3 is 17.9 Å². The van der Waals surface area contributed by atoms with Crippen molar-refractivity contribution in [2.24, 2.45) is 11.8 Å². The van der Waals surface area contributed by atoms with E-state index >= 15 is 0 Å². The number of hydrogen-bond donors (Lipinski definition) is 4. The third-order valence-corrected chi connectivity index (χ3v) is 2.16. The lowest BCUT2D eigenvalue weighted by atomic mass is 9.84. The summed E-state index contributed by atoms with van der Waals surface area (Å²) in [6.07, 6.45) is 1.03. The maximum atomic E-state index is 10.8. The van der Waals surface area contributed by atoms with Gasteiger partial charge in [-0.3, -0.25) is 9.59 Å². The molecule has 1 rings (SSSR count). The van der Waals surface area contributed by atoms with Crippen molar-refractivity contribution in [3.63, 3.8) is 0 Å². The minimum Gasteiger partial charge on any atom is -0.481 e. The van der Waals surface area contributed by atoms with E-state index in [0.717, 1.165) is 6.20 Å². The fourth-order valence-electron chi connectivity index (χ4n) is 1.45. The topological polar surface area (TPSA) is 124 Å². The van der Waals surface area contributed by atoms with Gasteiger partial charge in [-0.05, 0) is 0 Å². The maximum absolute atomic E-state index is 10.8. The van der Waals surface area contributed by atoms with E-state index in [1.165, 1.54) is 0 Å². The molecule has 2 unspecified atom stereocenters. The van der Waals surface area contributed by atoms with E-state index in [1.54, 1.807) is 0 Å². The van der Waals surface area contributed by atoms with Crippen molar-refractivity contribution in [1.29, 1.82) is 0 Å². The second kappa shape index (κ2) is 3.99. The number of carboxylic acids is 3. The summed E-state index contributed by atoms with van der Waals surface area (Å²) in [5.41, 5.74) is -0.443. The predicted molar refractivity (Wildman–Crippen MR) is 46.0 cm³/mol. The highest BCUT2D eigenvalue weighted by Gasteiger charge is 2.41. The summed E-state index contributed by atoms with van der Waals surface area (Å²) in [5, 5.41) is 28.7. The second-order valence-electron chi connectivity index (χ2n) is 3.07. The molecule has 0 aromatic carbocycles. The quantitative estimate of drug-likeness (QED) is 0.474. The van der Waals surface area contributed by atoms with E-state index in [1.807, 2.05) is 0 Å². The Balaban J connectivity index is 3.08. The molecule has 0 aliphatic carbocycles. The van der Waals surface area contributed by atoms with Crippen molar-refractivity contribution in [3.05, 3.63) is 11.8 Å². The molecule has 7 nitrogen and oxygen atoms in total. The Labute approximate surface area is 84.0 Å². The van der Waals surface area contributed by atoms with Gasteiger partial charge in [0.1, 0.15) is 5.92 Å². The van der Waals surface area contributed by atoms with Crippen molar-refractivity contribution in [1.82, 2.24) is 5.32 Å². The SMILES string of the molecule is O=C(O)C1=CNCC(C(=O)O)C1C(=O)O. The number of carboxylic acid groups (broad SMARTS) is 3. The summed E-state index contributed by atoms with van der Waals surface area (Å²) in [6.45, 7) is -0.0942. The third-order valence-electron chi connectivity index (χ3n) is 2.16. The zero-order chi connectivity index (χ0) is 11.6. The van der Waals surface area contributed by atoms with Gasteiger partial charge in [0.05, 0.1) is 11.5 Å². The van der Waals surface area contributed by atoms with E-state index in [0.29, 0.717) is 0 Å². The Morgan fingerprint density at radius 3 is 2.20 bits per heavy atom. The van der Waals surface area contributed by atoms with Crippen LogP contribution in [-0.2, 0) is 14.4 Å². The molecule has 0 aromatic rings. The van der Waals surface area contributed by atoms with Gasteiger partial charge in [-0.25, -0.2) is 4.79 Å². The zero-order valence-corrected chi connectivity index (χ0v) is 7.51. The van der Waals surface area contributed by atoms with Crippen LogP contribution in [0.4, 0.5) is 0 Å². The normalized spacial score (nSPS) is 24.9. The highest BCUT2D eigenvalue weighted by Crippen LogP contribution is 2.24. The van der Waals surface area contributed by atoms with E-state index < -0.39 is 35.3 Å². The van der Waals surface area contributed by atoms with E-state index in [9.17, 15) is 14.4 Å². The Morgan fingerprint density at radius 1 is 1.20 bits per heavy atom. The van der Waals surface area contributed by atoms with Gasteiger partial charge in [0, 0.05) is 12.7 Å². The van der Waals surface area contributed by atoms with E-state index in [-0.39, 0.29) is 6.54 Å². The van der Waals surface area contributed by atoms with Crippen LogP contribution in [0.3, 0.4) is 0 Å². The number of carbonyl (C=O) groups is 3. The lowest BCUT2D eigenvalue weighted by Crippen LogP contribution is -2.43. The first-order valence-electron chi connectivity index (χ1n) is 4.07. The first kappa shape index (κ1) is 11.0. The number of rotatable bonds is 3. The average Bonchev–Trinajstić information content (AvgIpc) is 2.16. The van der Waals surface area contributed by atoms with Crippen LogP contribution in [0.5, 0.6) is 0 Å². The number of aliphatic carboxylic acids is 3. The van der Waals surface area contributed by atoms with E-state index in [2.05, 4.69) is 5.32 Å². The molecule has 82 valence electrons. The van der Waals surface area contributed by atoms with Crippen LogP contribution in [-0.4, -0.2) is 39.8 Å². The van der Waals surface area contributed by atoms with Crippen LogP contribution in [0, 0.1) is 11.8 Å². The van der Waals surface area contributed by atoms with Gasteiger partial charge in [0.25, 0.3) is 0 Å². The van der Waals surface area contributed by atoms with Gasteiger partial charge in [-0.2, -0.15) is 0 Å². The van der Waals surface area contributed by atoms with Crippen LogP contribution in [0.1, 0.15) is 0 Å². The molecular formula is C8H9NO6. The van der Waals surface area contributed by atoms with Crippen molar-refractivity contribution in [3.8, 4) is 0 Å². The third kappa shape index (κ3) is 2.06. The molecule has 7 heteroatoms. The molecule has 4 N–H and O–H groups in total. The summed E-state index contributed by atoms with van der Waals surface area (Å²) in [5.74, 6) is -6.99. The molecule has 1 aliphatic rings. The summed E-state index contributed by atoms with van der Waals surface area (Å²) >= 11 is 0. The van der Waals surface area contributed by atoms with Crippen molar-refractivity contribution in [2.45, 2.75) is 0 Å². The molecule has 0 fully saturated rings. The maximum Gasteiger partial charge on any atom is 0.333 e. The van der Waals surface area contributed by atoms with Crippen LogP contribution in [0.15, 0.2) is 11.8 Å². The van der Waals surface area contributed by atoms with Gasteiger partial charge in [0.15, 0.2) is 0 Å². The van der Waals surface area contributed by atoms with Crippen LogP contribution >= 0.6 is 0 Å². The monoisotopic (exact) mass is 215 g/mol. The van der Waals surface area contributed by atoms with Gasteiger partial charge in [-0.1, -0.05) is 0 Å². The molecule has 0 spiro atoms. The van der Waals surface area contributed by atoms with Gasteiger partial charge < -0.3 is 20.6 Å². The van der Waals surface area contributed by atoms with Crippen molar-refractivity contribution in [2.75, 3.05) is 6.54 Å². The van der Waals surface area contributed by atoms with Crippen molar-refractivity contribution < 1.29 is 29.7 Å². The smallest absolute Gasteiger partial charge is 0.333 e. The summed E-state index contributed by atoms with van der Waals surface area (Å²) in [6, 6.07) is 0. The fourth-order valence-corrected chi connectivity index (χ4v) is 1.45. The lowest BCUT2D eigenvalue weighted by Gasteiger charge is -2.25. The summed E-state index contributed by atoms with van der Waals surface area (Å²) in [7, 11) is 0. The molecule has 0 bridgehead atoms. The Hall–Kier alpha value is -2.05. The van der Waals surface area contributed by atoms with Crippen LogP contribution in [0.2, 0.25) is 0 Å². The molecule has 0 aromatic heterocycles. The van der Waals surface area contributed by atoms with Crippen molar-refractivity contribution >= 4 is 17.9 Å². The second-order valence-corrected chi connectivity index (χ2v) is 3.07. The highest BCUT2D eigenvalue weighted by molar-refractivity contribution is 5.96. The number of hydrogen-bond acceptors (Lipinski definition) is 4. The lowest BCUT2D eigenvalue weighted by molar-refractivity contribution is -0.153. The molecule has 1 heterocycles. The van der Waals surface area contributed by atoms with Gasteiger partial charge in [-0.15, -0.1) is 0 Å². The predicted octanol–water partition coefficient (Wildman–Crippen LogP) is -1.04. The average molecular weight is 215 g/mol. The summed E-state index contributed by atoms with van der Waals surface area (Å²) < 4.78 is 0. The van der Waals surface area contributed by atoms with Crippen LogP contribution in [0.25, 0.3) is 0 Å². The Morgan fingerprint density at radius 2 is 1.80 bits per heavy atom. The zero-order valence-electron chi connectivity index (χ0n) is 7.51. The molecule has 0 saturated carbocycles. The van der Waals surface area contributed by atoms with Crippen LogP contribution < -0.4 is 5.32 Å². The van der Waals surface area contributed by atoms with E-state index in [4.69, 9.17) is 15.3 Å². The molecule has 0 radical (unpaired) electrons. The molecule has 0 saturated heterocycles. The fraction of sp³-hybridized carbons (Fsp3) is 0.375. The standard InChI is InChI=1S/C8H9NO6/c10-6(11)3-1-9-2-4(7(12)13)5(3)8(14)15/h1,4-5,9H,2H2,(H,10,11)(H,12,13)(H,14,15). The molecular weight excluding hydrogens is 206 g/mol. The Bertz CT molecular complexity index is 347. The summed E-state index contributed by atoms with van der Waals surface area (Å²) in [4.78, 5) is 32.2. The first-order chi connectivity index (χ1) is 6.95. The number of nitrogens with one attached hydrogen (secondary N) is 1. The molecule has 0 amide bonds.